The van der Waals surface area contributed by atoms with E-state index in [1.165, 1.54) is 6.08 Å². The summed E-state index contributed by atoms with van der Waals surface area (Å²) in [5.41, 5.74) is 0. The normalized spacial score (nSPS) is 10.8. The number of benzene rings is 1. The number of hydrogen-bond acceptors (Lipinski definition) is 3. The summed E-state index contributed by atoms with van der Waals surface area (Å²) in [5, 5.41) is 11.3. The van der Waals surface area contributed by atoms with Crippen LogP contribution in [0.25, 0.3) is 0 Å². The Bertz CT molecular complexity index is 280. The van der Waals surface area contributed by atoms with Crippen LogP contribution in [0, 0.1) is 0 Å². The zero-order valence-corrected chi connectivity index (χ0v) is 6.47. The van der Waals surface area contributed by atoms with Gasteiger partial charge in [-0.1, -0.05) is 24.8 Å². The van der Waals surface area contributed by atoms with Crippen molar-refractivity contribution in [3.63, 3.8) is 0 Å². The number of oxime groups is 1. The van der Waals surface area contributed by atoms with Gasteiger partial charge in [-0.05, 0) is 23.4 Å². The number of nitrogens with zero attached hydrogens (tertiary/aromatic N) is 1. The van der Waals surface area contributed by atoms with Crippen molar-refractivity contribution in [2.75, 3.05) is 0 Å². The average Bonchev–Trinajstić information content (AvgIpc) is 2.16. The molecule has 12 heavy (non-hydrogen) atoms. The second-order valence-corrected chi connectivity index (χ2v) is 2.06. The molecule has 0 aliphatic rings. The number of para-hydroxylation sites is 1. The van der Waals surface area contributed by atoms with E-state index in [1.807, 2.05) is 18.2 Å². The Kier molecular flexibility index (Phi) is 2.90. The van der Waals surface area contributed by atoms with Gasteiger partial charge in [0.25, 0.3) is 5.90 Å². The average molecular weight is 163 g/mol. The number of ether oxygens (including phenoxy) is 1. The minimum Gasteiger partial charge on any atom is -0.437 e. The van der Waals surface area contributed by atoms with Gasteiger partial charge >= 0.3 is 0 Å². The second-order valence-electron chi connectivity index (χ2n) is 2.06. The topological polar surface area (TPSA) is 41.8 Å². The second kappa shape index (κ2) is 4.18. The van der Waals surface area contributed by atoms with Crippen LogP contribution < -0.4 is 4.74 Å². The molecular weight excluding hydrogens is 154 g/mol. The van der Waals surface area contributed by atoms with Crippen molar-refractivity contribution in [2.24, 2.45) is 5.16 Å². The highest BCUT2D eigenvalue weighted by Gasteiger charge is 1.95. The summed E-state index contributed by atoms with van der Waals surface area (Å²) in [5.74, 6) is 0.700. The number of rotatable bonds is 2. The monoisotopic (exact) mass is 163 g/mol. The third kappa shape index (κ3) is 2.12. The van der Waals surface area contributed by atoms with Gasteiger partial charge in [-0.2, -0.15) is 0 Å². The fourth-order valence-electron chi connectivity index (χ4n) is 0.712. The van der Waals surface area contributed by atoms with Crippen molar-refractivity contribution in [1.82, 2.24) is 0 Å². The molecule has 0 atom stereocenters. The fraction of sp³-hybridized carbons (Fsp3) is 0. The van der Waals surface area contributed by atoms with Crippen LogP contribution in [0.2, 0.25) is 0 Å². The molecule has 0 unspecified atom stereocenters. The molecule has 0 bridgehead atoms. The summed E-state index contributed by atoms with van der Waals surface area (Å²) < 4.78 is 5.09. The van der Waals surface area contributed by atoms with Gasteiger partial charge in [-0.3, -0.25) is 0 Å². The van der Waals surface area contributed by atoms with Crippen molar-refractivity contribution in [3.05, 3.63) is 43.0 Å². The van der Waals surface area contributed by atoms with Gasteiger partial charge in [0.15, 0.2) is 0 Å². The van der Waals surface area contributed by atoms with E-state index in [9.17, 15) is 0 Å². The summed E-state index contributed by atoms with van der Waals surface area (Å²) in [4.78, 5) is 0. The maximum Gasteiger partial charge on any atom is 0.254 e. The van der Waals surface area contributed by atoms with E-state index >= 15 is 0 Å². The lowest BCUT2D eigenvalue weighted by molar-refractivity contribution is 0.305. The zero-order valence-electron chi connectivity index (χ0n) is 6.47. The summed E-state index contributed by atoms with van der Waals surface area (Å²) in [7, 11) is 0. The van der Waals surface area contributed by atoms with E-state index in [2.05, 4.69) is 11.7 Å². The summed E-state index contributed by atoms with van der Waals surface area (Å²) >= 11 is 0. The molecule has 1 N–H and O–H groups in total. The Balaban J connectivity index is 2.70. The van der Waals surface area contributed by atoms with Gasteiger partial charge < -0.3 is 9.94 Å². The Morgan fingerprint density at radius 3 is 2.58 bits per heavy atom. The predicted octanol–water partition coefficient (Wildman–Crippen LogP) is 2.04. The van der Waals surface area contributed by atoms with Crippen LogP contribution >= 0.6 is 0 Å². The Hall–Kier alpha value is -1.77. The first-order valence-electron chi connectivity index (χ1n) is 3.44. The van der Waals surface area contributed by atoms with Gasteiger partial charge in [-0.25, -0.2) is 0 Å². The molecule has 3 heteroatoms. The van der Waals surface area contributed by atoms with Crippen molar-refractivity contribution in [2.45, 2.75) is 0 Å². The Labute approximate surface area is 70.6 Å². The van der Waals surface area contributed by atoms with Gasteiger partial charge in [0.2, 0.25) is 0 Å². The molecule has 0 saturated heterocycles. The molecule has 0 fully saturated rings. The third-order valence-electron chi connectivity index (χ3n) is 1.24. The van der Waals surface area contributed by atoms with Crippen LogP contribution in [-0.4, -0.2) is 11.1 Å². The molecule has 1 rings (SSSR count). The first kappa shape index (κ1) is 8.33. The lowest BCUT2D eigenvalue weighted by Gasteiger charge is -2.01. The van der Waals surface area contributed by atoms with Crippen molar-refractivity contribution >= 4 is 5.90 Å². The van der Waals surface area contributed by atoms with Gasteiger partial charge in [0.1, 0.15) is 5.75 Å². The van der Waals surface area contributed by atoms with Crippen molar-refractivity contribution in [1.29, 1.82) is 0 Å². The van der Waals surface area contributed by atoms with Gasteiger partial charge in [-0.15, -0.1) is 0 Å². The highest BCUT2D eigenvalue weighted by atomic mass is 16.5. The molecule has 62 valence electrons. The Morgan fingerprint density at radius 2 is 2.08 bits per heavy atom. The highest BCUT2D eigenvalue weighted by Crippen LogP contribution is 2.08. The maximum atomic E-state index is 8.38. The predicted molar refractivity (Wildman–Crippen MR) is 46.5 cm³/mol. The molecule has 0 aliphatic carbocycles. The minimum atomic E-state index is 0.0844. The first-order valence-corrected chi connectivity index (χ1v) is 3.44. The molecule has 1 aromatic rings. The Morgan fingerprint density at radius 1 is 1.42 bits per heavy atom. The molecule has 0 amide bonds. The number of hydrogen-bond donors (Lipinski definition) is 1. The summed E-state index contributed by atoms with van der Waals surface area (Å²) in [6.45, 7) is 3.41. The lowest BCUT2D eigenvalue weighted by atomic mass is 10.3. The largest absolute Gasteiger partial charge is 0.437 e. The van der Waals surface area contributed by atoms with Crippen LogP contribution in [0.5, 0.6) is 5.75 Å². The molecule has 0 aliphatic heterocycles. The van der Waals surface area contributed by atoms with Gasteiger partial charge in [0, 0.05) is 0 Å². The molecule has 0 aromatic heterocycles. The molecule has 0 spiro atoms. The zero-order chi connectivity index (χ0) is 8.81. The molecule has 1 aromatic carbocycles. The van der Waals surface area contributed by atoms with E-state index in [0.717, 1.165) is 0 Å². The van der Waals surface area contributed by atoms with Crippen molar-refractivity contribution in [3.8, 4) is 5.75 Å². The van der Waals surface area contributed by atoms with E-state index in [0.29, 0.717) is 5.75 Å². The van der Waals surface area contributed by atoms with E-state index < -0.39 is 0 Å². The first-order chi connectivity index (χ1) is 5.86. The summed E-state index contributed by atoms with van der Waals surface area (Å²) in [6.07, 6.45) is 1.33. The SMILES string of the molecule is C=C/C(=N/O)Oc1ccccc1. The van der Waals surface area contributed by atoms with Gasteiger partial charge in [0.05, 0.1) is 0 Å². The smallest absolute Gasteiger partial charge is 0.254 e. The van der Waals surface area contributed by atoms with Crippen LogP contribution in [0.3, 0.4) is 0 Å². The molecular formula is C9H9NO2. The van der Waals surface area contributed by atoms with Crippen LogP contribution in [0.1, 0.15) is 0 Å². The van der Waals surface area contributed by atoms with Crippen LogP contribution in [0.4, 0.5) is 0 Å². The minimum absolute atomic E-state index is 0.0844. The fourth-order valence-corrected chi connectivity index (χ4v) is 0.712. The van der Waals surface area contributed by atoms with Crippen LogP contribution in [0.15, 0.2) is 48.1 Å². The highest BCUT2D eigenvalue weighted by molar-refractivity contribution is 5.88. The quantitative estimate of drug-likeness (QED) is 0.314. The van der Waals surface area contributed by atoms with Crippen LogP contribution in [-0.2, 0) is 0 Å². The summed E-state index contributed by atoms with van der Waals surface area (Å²) in [6, 6.07) is 9.04. The lowest BCUT2D eigenvalue weighted by Crippen LogP contribution is -2.03. The standard InChI is InChI=1S/C9H9NO2/c1-2-9(10-11)12-8-6-4-3-5-7-8/h2-7,11H,1H2/b10-9-. The van der Waals surface area contributed by atoms with E-state index in [1.54, 1.807) is 12.1 Å². The molecule has 0 heterocycles. The maximum absolute atomic E-state index is 8.38. The van der Waals surface area contributed by atoms with E-state index in [-0.39, 0.29) is 5.90 Å². The third-order valence-corrected chi connectivity index (χ3v) is 1.24. The van der Waals surface area contributed by atoms with E-state index in [4.69, 9.17) is 9.94 Å². The molecule has 3 nitrogen and oxygen atoms in total. The molecule has 0 radical (unpaired) electrons. The molecule has 0 saturated carbocycles. The van der Waals surface area contributed by atoms with Crippen molar-refractivity contribution < 1.29 is 9.94 Å².